The van der Waals surface area contributed by atoms with Gasteiger partial charge in [-0.3, -0.25) is 4.31 Å². The van der Waals surface area contributed by atoms with Crippen LogP contribution in [0, 0.1) is 0 Å². The summed E-state index contributed by atoms with van der Waals surface area (Å²) >= 11 is 5.94. The van der Waals surface area contributed by atoms with Crippen LogP contribution in [-0.4, -0.2) is 27.8 Å². The Bertz CT molecular complexity index is 803. The van der Waals surface area contributed by atoms with Gasteiger partial charge in [0.2, 0.25) is 10.0 Å². The summed E-state index contributed by atoms with van der Waals surface area (Å²) in [5.74, 6) is 0.214. The Balaban J connectivity index is 2.03. The van der Waals surface area contributed by atoms with Gasteiger partial charge in [-0.25, -0.2) is 8.42 Å². The molecule has 1 heterocycles. The number of anilines is 1. The van der Waals surface area contributed by atoms with Crippen molar-refractivity contribution in [2.24, 2.45) is 0 Å². The number of nitrogens with zero attached hydrogens (tertiary/aromatic N) is 1. The molecule has 0 aromatic heterocycles. The SMILES string of the molecule is COCc1cc(N2CCCS2(=O)=O)ccc1-c1ccc(Cl)cc1. The van der Waals surface area contributed by atoms with Gasteiger partial charge < -0.3 is 4.74 Å². The van der Waals surface area contributed by atoms with E-state index >= 15 is 0 Å². The lowest BCUT2D eigenvalue weighted by atomic mass is 9.99. The lowest BCUT2D eigenvalue weighted by Crippen LogP contribution is -2.25. The van der Waals surface area contributed by atoms with Crippen LogP contribution in [0.3, 0.4) is 0 Å². The molecule has 6 heteroatoms. The molecule has 3 rings (SSSR count). The van der Waals surface area contributed by atoms with Gasteiger partial charge in [0.15, 0.2) is 0 Å². The van der Waals surface area contributed by atoms with Crippen LogP contribution in [0.5, 0.6) is 0 Å². The van der Waals surface area contributed by atoms with Crippen molar-refractivity contribution in [2.75, 3.05) is 23.7 Å². The summed E-state index contributed by atoms with van der Waals surface area (Å²) in [4.78, 5) is 0. The standard InChI is InChI=1S/C17H18ClNO3S/c1-22-12-14-11-16(19-9-2-10-23(19,20)21)7-8-17(14)13-3-5-15(18)6-4-13/h3-8,11H,2,9-10,12H2,1H3. The molecule has 1 aliphatic rings. The average Bonchev–Trinajstić information content (AvgIpc) is 2.88. The van der Waals surface area contributed by atoms with Gasteiger partial charge in [-0.05, 0) is 47.4 Å². The Morgan fingerprint density at radius 2 is 1.91 bits per heavy atom. The van der Waals surface area contributed by atoms with E-state index in [-0.39, 0.29) is 5.75 Å². The summed E-state index contributed by atoms with van der Waals surface area (Å²) < 4.78 is 31.0. The molecule has 2 aromatic rings. The smallest absolute Gasteiger partial charge is 0.235 e. The molecule has 1 aliphatic heterocycles. The highest BCUT2D eigenvalue weighted by molar-refractivity contribution is 7.93. The molecule has 122 valence electrons. The molecule has 2 aromatic carbocycles. The van der Waals surface area contributed by atoms with Gasteiger partial charge in [-0.15, -0.1) is 0 Å². The first-order valence-corrected chi connectivity index (χ1v) is 9.38. The largest absolute Gasteiger partial charge is 0.380 e. The Labute approximate surface area is 141 Å². The van der Waals surface area contributed by atoms with E-state index < -0.39 is 10.0 Å². The fourth-order valence-corrected chi connectivity index (χ4v) is 4.53. The minimum atomic E-state index is -3.18. The predicted molar refractivity (Wildman–Crippen MR) is 93.4 cm³/mol. The van der Waals surface area contributed by atoms with Crippen LogP contribution in [0.1, 0.15) is 12.0 Å². The second-order valence-electron chi connectivity index (χ2n) is 5.52. The van der Waals surface area contributed by atoms with E-state index in [1.54, 1.807) is 7.11 Å². The van der Waals surface area contributed by atoms with E-state index in [1.807, 2.05) is 42.5 Å². The molecule has 23 heavy (non-hydrogen) atoms. The third-order valence-corrected chi connectivity index (χ3v) is 6.05. The highest BCUT2D eigenvalue weighted by Gasteiger charge is 2.28. The molecule has 1 saturated heterocycles. The van der Waals surface area contributed by atoms with E-state index in [9.17, 15) is 8.42 Å². The monoisotopic (exact) mass is 351 g/mol. The highest BCUT2D eigenvalue weighted by atomic mass is 35.5. The Morgan fingerprint density at radius 3 is 2.52 bits per heavy atom. The van der Waals surface area contributed by atoms with Gasteiger partial charge in [-0.2, -0.15) is 0 Å². The molecule has 0 bridgehead atoms. The fourth-order valence-electron chi connectivity index (χ4n) is 2.85. The molecule has 0 unspecified atom stereocenters. The van der Waals surface area contributed by atoms with Crippen LogP contribution in [0.15, 0.2) is 42.5 Å². The van der Waals surface area contributed by atoms with Crippen molar-refractivity contribution in [3.63, 3.8) is 0 Å². The van der Waals surface area contributed by atoms with Crippen LogP contribution in [0.2, 0.25) is 5.02 Å². The number of methoxy groups -OCH3 is 1. The van der Waals surface area contributed by atoms with E-state index in [1.165, 1.54) is 4.31 Å². The van der Waals surface area contributed by atoms with Gasteiger partial charge in [0, 0.05) is 18.7 Å². The Morgan fingerprint density at radius 1 is 1.17 bits per heavy atom. The van der Waals surface area contributed by atoms with E-state index in [2.05, 4.69) is 0 Å². The maximum atomic E-state index is 12.1. The van der Waals surface area contributed by atoms with Gasteiger partial charge in [0.1, 0.15) is 0 Å². The Kier molecular flexibility index (Phi) is 4.62. The molecule has 0 spiro atoms. The van der Waals surface area contributed by atoms with Crippen LogP contribution in [0.25, 0.3) is 11.1 Å². The van der Waals surface area contributed by atoms with Crippen LogP contribution in [-0.2, 0) is 21.4 Å². The minimum absolute atomic E-state index is 0.214. The zero-order valence-electron chi connectivity index (χ0n) is 12.8. The van der Waals surface area contributed by atoms with E-state index in [0.717, 1.165) is 16.7 Å². The minimum Gasteiger partial charge on any atom is -0.380 e. The van der Waals surface area contributed by atoms with Crippen molar-refractivity contribution < 1.29 is 13.2 Å². The molecule has 0 atom stereocenters. The second kappa shape index (κ2) is 6.51. The summed E-state index contributed by atoms with van der Waals surface area (Å²) in [5.41, 5.74) is 3.70. The molecular weight excluding hydrogens is 334 g/mol. The number of sulfonamides is 1. The van der Waals surface area contributed by atoms with Crippen LogP contribution < -0.4 is 4.31 Å². The maximum Gasteiger partial charge on any atom is 0.235 e. The van der Waals surface area contributed by atoms with Crippen molar-refractivity contribution in [3.05, 3.63) is 53.1 Å². The molecule has 0 amide bonds. The highest BCUT2D eigenvalue weighted by Crippen LogP contribution is 2.32. The first kappa shape index (κ1) is 16.3. The van der Waals surface area contributed by atoms with Crippen molar-refractivity contribution in [3.8, 4) is 11.1 Å². The summed E-state index contributed by atoms with van der Waals surface area (Å²) in [6.07, 6.45) is 0.668. The van der Waals surface area contributed by atoms with Gasteiger partial charge in [-0.1, -0.05) is 29.8 Å². The number of hydrogen-bond acceptors (Lipinski definition) is 3. The van der Waals surface area contributed by atoms with Crippen molar-refractivity contribution >= 4 is 27.3 Å². The van der Waals surface area contributed by atoms with Crippen molar-refractivity contribution in [1.82, 2.24) is 0 Å². The van der Waals surface area contributed by atoms with Gasteiger partial charge >= 0.3 is 0 Å². The second-order valence-corrected chi connectivity index (χ2v) is 7.97. The molecular formula is C17H18ClNO3S. The predicted octanol–water partition coefficient (Wildman–Crippen LogP) is 3.69. The molecule has 0 radical (unpaired) electrons. The first-order chi connectivity index (χ1) is 11.0. The lowest BCUT2D eigenvalue weighted by molar-refractivity contribution is 0.185. The van der Waals surface area contributed by atoms with Crippen molar-refractivity contribution in [2.45, 2.75) is 13.0 Å². The summed E-state index contributed by atoms with van der Waals surface area (Å²) in [6.45, 7) is 0.953. The number of halogens is 1. The molecule has 4 nitrogen and oxygen atoms in total. The number of hydrogen-bond donors (Lipinski definition) is 0. The number of benzene rings is 2. The van der Waals surface area contributed by atoms with E-state index in [4.69, 9.17) is 16.3 Å². The molecule has 1 fully saturated rings. The van der Waals surface area contributed by atoms with E-state index in [0.29, 0.717) is 30.3 Å². The molecule has 0 aliphatic carbocycles. The van der Waals surface area contributed by atoms with Gasteiger partial charge in [0.25, 0.3) is 0 Å². The average molecular weight is 352 g/mol. The normalized spacial score (nSPS) is 16.7. The molecule has 0 N–H and O–H groups in total. The van der Waals surface area contributed by atoms with Gasteiger partial charge in [0.05, 0.1) is 18.0 Å². The fraction of sp³-hybridized carbons (Fsp3) is 0.294. The van der Waals surface area contributed by atoms with Crippen LogP contribution in [0.4, 0.5) is 5.69 Å². The zero-order chi connectivity index (χ0) is 16.4. The Hall–Kier alpha value is -1.56. The topological polar surface area (TPSA) is 46.6 Å². The quantitative estimate of drug-likeness (QED) is 0.843. The zero-order valence-corrected chi connectivity index (χ0v) is 14.4. The first-order valence-electron chi connectivity index (χ1n) is 7.39. The summed E-state index contributed by atoms with van der Waals surface area (Å²) in [5, 5.41) is 0.682. The third-order valence-electron chi connectivity index (χ3n) is 3.93. The van der Waals surface area contributed by atoms with Crippen LogP contribution >= 0.6 is 11.6 Å². The third kappa shape index (κ3) is 3.37. The molecule has 0 saturated carbocycles. The summed E-state index contributed by atoms with van der Waals surface area (Å²) in [7, 11) is -1.55. The number of rotatable bonds is 4. The maximum absolute atomic E-state index is 12.1. The lowest BCUT2D eigenvalue weighted by Gasteiger charge is -2.19. The van der Waals surface area contributed by atoms with Crippen molar-refractivity contribution in [1.29, 1.82) is 0 Å². The number of ether oxygens (including phenoxy) is 1. The summed E-state index contributed by atoms with van der Waals surface area (Å²) in [6, 6.07) is 13.3.